The monoisotopic (exact) mass is 481 g/mol. The molecule has 0 aromatic carbocycles. The van der Waals surface area contributed by atoms with Gasteiger partial charge in [0.15, 0.2) is 11.6 Å². The van der Waals surface area contributed by atoms with E-state index in [0.717, 1.165) is 17.4 Å². The van der Waals surface area contributed by atoms with Crippen molar-refractivity contribution < 1.29 is 40.1 Å². The van der Waals surface area contributed by atoms with E-state index in [2.05, 4.69) is 10.6 Å². The average molecular weight is 481 g/mol. The van der Waals surface area contributed by atoms with Crippen LogP contribution in [0, 0.1) is 0 Å². The molecule has 10 heteroatoms. The van der Waals surface area contributed by atoms with Gasteiger partial charge in [-0.2, -0.15) is 0 Å². The van der Waals surface area contributed by atoms with E-state index in [1.807, 2.05) is 38.0 Å². The van der Waals surface area contributed by atoms with Crippen molar-refractivity contribution in [3.63, 3.8) is 0 Å². The SMILES string of the molecule is CN(C)COC1=C/C(=C/NCCN/C=C2/C=C(OCN(C)C)C=CC2=O)C(=O)C=C1.[O]=[V]. The Morgan fingerprint density at radius 3 is 1.47 bits per heavy atom. The summed E-state index contributed by atoms with van der Waals surface area (Å²) in [5, 5.41) is 6.20. The number of hydrogen-bond acceptors (Lipinski definition) is 9. The third kappa shape index (κ3) is 10.5. The van der Waals surface area contributed by atoms with Gasteiger partial charge in [0.1, 0.15) is 25.0 Å². The predicted octanol–water partition coefficient (Wildman–Crippen LogP) is 0.929. The summed E-state index contributed by atoms with van der Waals surface area (Å²) in [6, 6.07) is 0. The molecule has 2 aliphatic carbocycles. The molecule has 0 fully saturated rings. The standard InChI is InChI=1S/C22H30N4O4.O.V/c1-25(2)15-29-19-5-7-21(27)17(11-19)13-23-9-10-24-14-18-12-20(6-8-22(18)28)30-16-26(3)4;;/h5-8,11-14,23-24H,9-10,15-16H2,1-4H3;;/b17-13-,18-14-;;. The fourth-order valence-corrected chi connectivity index (χ4v) is 2.37. The zero-order valence-corrected chi connectivity index (χ0v) is 20.2. The molecule has 0 atom stereocenters. The molecule has 9 nitrogen and oxygen atoms in total. The maximum atomic E-state index is 12.0. The summed E-state index contributed by atoms with van der Waals surface area (Å²) in [5.41, 5.74) is 1.06. The summed E-state index contributed by atoms with van der Waals surface area (Å²) in [6.45, 7) is 2.02. The predicted molar refractivity (Wildman–Crippen MR) is 117 cm³/mol. The molecule has 0 unspecified atom stereocenters. The molecule has 2 aliphatic rings. The van der Waals surface area contributed by atoms with Crippen LogP contribution in [0.1, 0.15) is 0 Å². The molecule has 0 bridgehead atoms. The van der Waals surface area contributed by atoms with Gasteiger partial charge in [-0.3, -0.25) is 19.4 Å². The van der Waals surface area contributed by atoms with Gasteiger partial charge in [-0.25, -0.2) is 0 Å². The van der Waals surface area contributed by atoms with Gasteiger partial charge in [0.05, 0.1) is 0 Å². The van der Waals surface area contributed by atoms with Crippen LogP contribution in [0.25, 0.3) is 0 Å². The quantitative estimate of drug-likeness (QED) is 0.254. The maximum absolute atomic E-state index is 12.0. The van der Waals surface area contributed by atoms with Crippen molar-refractivity contribution in [2.24, 2.45) is 0 Å². The van der Waals surface area contributed by atoms with Gasteiger partial charge >= 0.3 is 21.0 Å². The van der Waals surface area contributed by atoms with Gasteiger partial charge in [-0.05, 0) is 64.6 Å². The Morgan fingerprint density at radius 2 is 1.12 bits per heavy atom. The van der Waals surface area contributed by atoms with Crippen LogP contribution in [0.5, 0.6) is 0 Å². The first-order chi connectivity index (χ1) is 15.3. The zero-order chi connectivity index (χ0) is 23.9. The summed E-state index contributed by atoms with van der Waals surface area (Å²) in [7, 11) is 7.62. The van der Waals surface area contributed by atoms with Crippen molar-refractivity contribution >= 4 is 11.6 Å². The van der Waals surface area contributed by atoms with Crippen LogP contribution in [-0.4, -0.2) is 76.1 Å². The van der Waals surface area contributed by atoms with E-state index < -0.39 is 0 Å². The number of rotatable bonds is 11. The minimum atomic E-state index is -0.0789. The van der Waals surface area contributed by atoms with E-state index in [1.54, 1.807) is 36.7 Å². The third-order valence-corrected chi connectivity index (χ3v) is 3.87. The Morgan fingerprint density at radius 1 is 0.750 bits per heavy atom. The topological polar surface area (TPSA) is 100 Å². The van der Waals surface area contributed by atoms with Crippen LogP contribution in [0.3, 0.4) is 0 Å². The van der Waals surface area contributed by atoms with Gasteiger partial charge < -0.3 is 20.1 Å². The second-order valence-electron chi connectivity index (χ2n) is 7.30. The number of carbonyl (C=O) groups excluding carboxylic acids is 2. The van der Waals surface area contributed by atoms with E-state index in [1.165, 1.54) is 12.2 Å². The number of allylic oxidation sites excluding steroid dienone is 8. The zero-order valence-electron chi connectivity index (χ0n) is 18.8. The van der Waals surface area contributed by atoms with Crippen molar-refractivity contribution in [2.75, 3.05) is 54.7 Å². The molecule has 2 N–H and O–H groups in total. The number of nitrogens with one attached hydrogen (secondary N) is 2. The molecule has 0 aromatic rings. The summed E-state index contributed by atoms with van der Waals surface area (Å²) in [5.74, 6) is 1.12. The summed E-state index contributed by atoms with van der Waals surface area (Å²) < 4.78 is 19.4. The van der Waals surface area contributed by atoms with E-state index in [0.29, 0.717) is 49.2 Å². The normalized spacial score (nSPS) is 17.8. The van der Waals surface area contributed by atoms with Crippen LogP contribution in [0.15, 0.2) is 71.5 Å². The number of ether oxygens (including phenoxy) is 2. The molecule has 0 amide bonds. The van der Waals surface area contributed by atoms with Crippen molar-refractivity contribution in [2.45, 2.75) is 0 Å². The van der Waals surface area contributed by atoms with Crippen molar-refractivity contribution in [3.05, 3.63) is 71.5 Å². The summed E-state index contributed by atoms with van der Waals surface area (Å²) in [6.07, 6.45) is 13.1. The molecule has 0 radical (unpaired) electrons. The second-order valence-corrected chi connectivity index (χ2v) is 7.30. The van der Waals surface area contributed by atoms with Crippen molar-refractivity contribution in [1.82, 2.24) is 20.4 Å². The van der Waals surface area contributed by atoms with Crippen LogP contribution in [0.2, 0.25) is 0 Å². The van der Waals surface area contributed by atoms with Gasteiger partial charge in [0.2, 0.25) is 0 Å². The molecule has 2 rings (SSSR count). The first kappa shape index (κ1) is 27.3. The molecule has 0 heterocycles. The third-order valence-electron chi connectivity index (χ3n) is 3.87. The minimum absolute atomic E-state index is 0.0789. The Bertz CT molecular complexity index is 773. The van der Waals surface area contributed by atoms with Gasteiger partial charge in [-0.15, -0.1) is 0 Å². The van der Waals surface area contributed by atoms with Crippen LogP contribution < -0.4 is 10.6 Å². The molecular weight excluding hydrogens is 451 g/mol. The number of carbonyl (C=O) groups is 2. The Labute approximate surface area is 198 Å². The Balaban J connectivity index is 0.00000249. The summed E-state index contributed by atoms with van der Waals surface area (Å²) in [4.78, 5) is 27.7. The van der Waals surface area contributed by atoms with Crippen LogP contribution >= 0.6 is 0 Å². The number of ketones is 2. The first-order valence-electron chi connectivity index (χ1n) is 9.84. The van der Waals surface area contributed by atoms with Crippen molar-refractivity contribution in [3.8, 4) is 0 Å². The van der Waals surface area contributed by atoms with E-state index >= 15 is 0 Å². The molecule has 0 saturated heterocycles. The number of hydrogen-bond donors (Lipinski definition) is 2. The first-order valence-corrected chi connectivity index (χ1v) is 10.4. The van der Waals surface area contributed by atoms with Crippen molar-refractivity contribution in [1.29, 1.82) is 0 Å². The summed E-state index contributed by atoms with van der Waals surface area (Å²) >= 11 is 1.06. The van der Waals surface area contributed by atoms with Gasteiger partial charge in [0.25, 0.3) is 0 Å². The Kier molecular flexibility index (Phi) is 12.9. The van der Waals surface area contributed by atoms with Gasteiger partial charge in [0, 0.05) is 36.6 Å². The molecular formula is C22H30N4O5V. The Hall–Kier alpha value is -2.72. The fourth-order valence-electron chi connectivity index (χ4n) is 2.37. The molecule has 173 valence electrons. The number of nitrogens with zero attached hydrogens (tertiary/aromatic N) is 2. The molecule has 0 aliphatic heterocycles. The molecule has 0 aromatic heterocycles. The molecule has 32 heavy (non-hydrogen) atoms. The molecule has 0 spiro atoms. The molecule has 0 saturated carbocycles. The van der Waals surface area contributed by atoms with Crippen LogP contribution in [0.4, 0.5) is 0 Å². The van der Waals surface area contributed by atoms with E-state index in [4.69, 9.17) is 13.1 Å². The second kappa shape index (κ2) is 15.1. The fraction of sp³-hybridized carbons (Fsp3) is 0.364. The van der Waals surface area contributed by atoms with E-state index in [-0.39, 0.29) is 11.6 Å². The van der Waals surface area contributed by atoms with E-state index in [9.17, 15) is 9.59 Å². The van der Waals surface area contributed by atoms with Gasteiger partial charge in [-0.1, -0.05) is 0 Å². The average Bonchev–Trinajstić information content (AvgIpc) is 2.77. The van der Waals surface area contributed by atoms with Crippen LogP contribution in [-0.2, 0) is 40.1 Å².